The van der Waals surface area contributed by atoms with Crippen LogP contribution in [0.1, 0.15) is 26.3 Å². The predicted octanol–water partition coefficient (Wildman–Crippen LogP) is 21.2. The van der Waals surface area contributed by atoms with Gasteiger partial charge in [-0.15, -0.1) is 11.3 Å². The molecule has 4 heterocycles. The zero-order valence-electron chi connectivity index (χ0n) is 49.0. The van der Waals surface area contributed by atoms with Gasteiger partial charge in [0.1, 0.15) is 6.07 Å². The lowest BCUT2D eigenvalue weighted by Crippen LogP contribution is -2.30. The second-order valence-corrected chi connectivity index (χ2v) is 24.0. The van der Waals surface area contributed by atoms with Crippen molar-refractivity contribution in [3.8, 4) is 78.8 Å². The zero-order valence-corrected chi connectivity index (χ0v) is 49.8. The molecule has 0 N–H and O–H groups in total. The molecule has 0 spiro atoms. The lowest BCUT2D eigenvalue weighted by atomic mass is 10.00. The molecule has 12 aromatic carbocycles. The fourth-order valence-electron chi connectivity index (χ4n) is 13.9. The summed E-state index contributed by atoms with van der Waals surface area (Å²) in [6, 6.07) is 100. The molecule has 16 aromatic rings. The van der Waals surface area contributed by atoms with Crippen molar-refractivity contribution in [2.75, 3.05) is 0 Å². The second kappa shape index (κ2) is 21.5. The number of fused-ring (bicyclic) bond motifs is 10. The Bertz CT molecular complexity index is 5450. The van der Waals surface area contributed by atoms with E-state index in [1.165, 1.54) is 0 Å². The highest BCUT2D eigenvalue weighted by Crippen LogP contribution is 2.51. The minimum absolute atomic E-state index is 0.0375. The quantitative estimate of drug-likeness (QED) is 0.126. The topological polar surface area (TPSA) is 38.6 Å². The van der Waals surface area contributed by atoms with Crippen LogP contribution < -0.4 is 10.6 Å². The monoisotopic (exact) mass is 1140 g/mol. The molecular formula is C83H58N4S. The third kappa shape index (κ3) is 8.48. The summed E-state index contributed by atoms with van der Waals surface area (Å²) in [5.74, 6) is 0.0375. The molecule has 1 unspecified atom stereocenters. The Kier molecular flexibility index (Phi) is 12.8. The summed E-state index contributed by atoms with van der Waals surface area (Å²) < 4.78 is 9.69. The molecule has 0 radical (unpaired) electrons. The van der Waals surface area contributed by atoms with E-state index in [-0.39, 0.29) is 5.92 Å². The summed E-state index contributed by atoms with van der Waals surface area (Å²) in [4.78, 5) is 0. The Balaban J connectivity index is 1.17. The average molecular weight is 1140 g/mol. The van der Waals surface area contributed by atoms with Crippen LogP contribution in [0.5, 0.6) is 0 Å². The number of nitrogens with zero attached hydrogens (tertiary/aromatic N) is 4. The van der Waals surface area contributed by atoms with Crippen molar-refractivity contribution >= 4 is 98.2 Å². The Morgan fingerprint density at radius 3 is 1.12 bits per heavy atom. The first-order valence-electron chi connectivity index (χ1n) is 30.3. The van der Waals surface area contributed by atoms with Crippen molar-refractivity contribution < 1.29 is 0 Å². The molecule has 0 saturated heterocycles. The molecule has 88 heavy (non-hydrogen) atoms. The fourth-order valence-corrected chi connectivity index (χ4v) is 15.1. The summed E-state index contributed by atoms with van der Waals surface area (Å²) in [6.07, 6.45) is 9.08. The maximum absolute atomic E-state index is 12.7. The van der Waals surface area contributed by atoms with E-state index in [1.807, 2.05) is 0 Å². The number of benzene rings is 12. The molecule has 0 fully saturated rings. The normalized spacial score (nSPS) is 12.8. The molecule has 16 rings (SSSR count). The molecule has 4 aromatic heterocycles. The number of aromatic nitrogens is 3. The van der Waals surface area contributed by atoms with Gasteiger partial charge in [-0.3, -0.25) is 0 Å². The number of allylic oxidation sites excluding steroid dienone is 2. The van der Waals surface area contributed by atoms with Gasteiger partial charge in [0.2, 0.25) is 0 Å². The van der Waals surface area contributed by atoms with Crippen LogP contribution >= 0.6 is 11.3 Å². The number of thiophene rings is 1. The highest BCUT2D eigenvalue weighted by Gasteiger charge is 2.32. The molecular weight excluding hydrogens is 1090 g/mol. The second-order valence-electron chi connectivity index (χ2n) is 23.0. The SMILES string of the molecule is C/C=C\C(C)/C=c1\c(=C/C)c2cc(-c3ccccc3)ccc2n1-c1c(-n2c3ccc(-c4ccccc4)cc3c3cc(-c4ccccc4)ccc32)c(-n2c3ccc(-c4ccccc4)cc3c3cc(-c4ccccc4)ccc32)c2sc3ccccc3c2c1C#N. The Labute approximate surface area is 514 Å². The number of hydrogen-bond acceptors (Lipinski definition) is 2. The number of hydrogen-bond donors (Lipinski definition) is 0. The Hall–Kier alpha value is -11.0. The van der Waals surface area contributed by atoms with E-state index in [9.17, 15) is 5.26 Å². The Morgan fingerprint density at radius 2 is 0.739 bits per heavy atom. The van der Waals surface area contributed by atoms with Crippen LogP contribution in [-0.4, -0.2) is 13.7 Å². The molecule has 0 aliphatic heterocycles. The van der Waals surface area contributed by atoms with Gasteiger partial charge in [-0.2, -0.15) is 5.26 Å². The van der Waals surface area contributed by atoms with Gasteiger partial charge in [-0.25, -0.2) is 0 Å². The van der Waals surface area contributed by atoms with Crippen LogP contribution in [0.2, 0.25) is 0 Å². The van der Waals surface area contributed by atoms with E-state index in [0.29, 0.717) is 5.56 Å². The Morgan fingerprint density at radius 1 is 0.375 bits per heavy atom. The fraction of sp³-hybridized carbons (Fsp3) is 0.0482. The van der Waals surface area contributed by atoms with Gasteiger partial charge < -0.3 is 13.7 Å². The highest BCUT2D eigenvalue weighted by atomic mass is 32.1. The number of rotatable bonds is 10. The molecule has 0 aliphatic carbocycles. The zero-order chi connectivity index (χ0) is 59.0. The van der Waals surface area contributed by atoms with E-state index in [2.05, 4.69) is 332 Å². The largest absolute Gasteiger partial charge is 0.306 e. The van der Waals surface area contributed by atoms with Crippen molar-refractivity contribution in [2.45, 2.75) is 20.8 Å². The summed E-state index contributed by atoms with van der Waals surface area (Å²) in [6.45, 7) is 6.52. The summed E-state index contributed by atoms with van der Waals surface area (Å²) in [7, 11) is 0. The van der Waals surface area contributed by atoms with Gasteiger partial charge in [0.15, 0.2) is 0 Å². The maximum Gasteiger partial charge on any atom is 0.102 e. The molecule has 5 heteroatoms. The van der Waals surface area contributed by atoms with Gasteiger partial charge in [0, 0.05) is 47.6 Å². The van der Waals surface area contributed by atoms with Gasteiger partial charge in [-0.05, 0) is 142 Å². The molecule has 0 amide bonds. The highest BCUT2D eigenvalue weighted by molar-refractivity contribution is 7.26. The molecule has 1 atom stereocenters. The van der Waals surface area contributed by atoms with Crippen molar-refractivity contribution in [3.05, 3.63) is 295 Å². The van der Waals surface area contributed by atoms with Crippen molar-refractivity contribution in [2.24, 2.45) is 5.92 Å². The van der Waals surface area contributed by atoms with Crippen LogP contribution in [0, 0.1) is 17.2 Å². The number of nitriles is 1. The third-order valence-corrected chi connectivity index (χ3v) is 19.0. The predicted molar refractivity (Wildman–Crippen MR) is 375 cm³/mol. The first kappa shape index (κ1) is 52.5. The van der Waals surface area contributed by atoms with Crippen molar-refractivity contribution in [1.82, 2.24) is 13.7 Å². The molecule has 416 valence electrons. The van der Waals surface area contributed by atoms with Crippen LogP contribution in [-0.2, 0) is 0 Å². The van der Waals surface area contributed by atoms with Gasteiger partial charge >= 0.3 is 0 Å². The van der Waals surface area contributed by atoms with E-state index in [1.54, 1.807) is 11.3 Å². The van der Waals surface area contributed by atoms with Gasteiger partial charge in [0.25, 0.3) is 0 Å². The lowest BCUT2D eigenvalue weighted by molar-refractivity contribution is 0.956. The first-order valence-corrected chi connectivity index (χ1v) is 31.1. The average Bonchev–Trinajstić information content (AvgIpc) is 1.66. The lowest BCUT2D eigenvalue weighted by Gasteiger charge is -2.24. The van der Waals surface area contributed by atoms with E-state index in [0.717, 1.165) is 158 Å². The summed E-state index contributed by atoms with van der Waals surface area (Å²) in [5.41, 5.74) is 20.0. The third-order valence-electron chi connectivity index (χ3n) is 17.8. The first-order chi connectivity index (χ1) is 43.5. The standard InChI is InChI=1S/C83H58N4S/c1-4-23-53(3)46-77-64(5-2)66-47-59(54-24-11-6-12-25-54)36-41-72(66)87(77)80-71(52-84)79-65-34-21-22-35-78(65)88-83(79)82(86-75-44-39-62(57-30-17-9-18-31-57)50-69(75)70-51-63(40-45-76(70)86)58-32-19-10-20-33-58)81(80)85-73-42-37-60(55-26-13-7-14-27-55)48-67(73)68-49-61(38-43-74(68)85)56-28-15-8-16-29-56/h4-51,53H,1-3H3/b23-4-,64-5-,77-46+. The molecule has 4 nitrogen and oxygen atoms in total. The van der Waals surface area contributed by atoms with Gasteiger partial charge in [-0.1, -0.05) is 231 Å². The molecule has 0 bridgehead atoms. The molecule has 0 saturated carbocycles. The molecule has 0 aliphatic rings. The van der Waals surface area contributed by atoms with E-state index < -0.39 is 0 Å². The van der Waals surface area contributed by atoms with Crippen LogP contribution in [0.3, 0.4) is 0 Å². The van der Waals surface area contributed by atoms with E-state index in [4.69, 9.17) is 0 Å². The summed E-state index contributed by atoms with van der Waals surface area (Å²) in [5, 5.41) is 22.4. The van der Waals surface area contributed by atoms with E-state index >= 15 is 0 Å². The van der Waals surface area contributed by atoms with Crippen LogP contribution in [0.4, 0.5) is 0 Å². The minimum atomic E-state index is 0.0375. The van der Waals surface area contributed by atoms with Crippen molar-refractivity contribution in [1.29, 1.82) is 5.26 Å². The minimum Gasteiger partial charge on any atom is -0.306 e. The smallest absolute Gasteiger partial charge is 0.102 e. The van der Waals surface area contributed by atoms with Crippen LogP contribution in [0.15, 0.2) is 279 Å². The maximum atomic E-state index is 12.7. The van der Waals surface area contributed by atoms with Gasteiger partial charge in [0.05, 0.1) is 60.3 Å². The van der Waals surface area contributed by atoms with Crippen LogP contribution in [0.25, 0.3) is 160 Å². The summed E-state index contributed by atoms with van der Waals surface area (Å²) >= 11 is 1.78. The van der Waals surface area contributed by atoms with Crippen molar-refractivity contribution in [3.63, 3.8) is 0 Å².